The van der Waals surface area contributed by atoms with E-state index in [0.717, 1.165) is 0 Å². The van der Waals surface area contributed by atoms with Crippen LogP contribution in [0.15, 0.2) is 33.6 Å². The van der Waals surface area contributed by atoms with Crippen LogP contribution < -0.4 is 10.6 Å². The summed E-state index contributed by atoms with van der Waals surface area (Å²) >= 11 is 3.30. The van der Waals surface area contributed by atoms with Crippen LogP contribution in [-0.2, 0) is 19.6 Å². The average molecular weight is 499 g/mol. The molecule has 3 fully saturated rings. The molecule has 0 unspecified atom stereocenters. The standard InChI is InChI=1S/C19H23BrN4O5S/c20-14-2-1-3-15(12-14)30(28,29)24-10-8-23(9-11-24)16(25)13-4-6-19(7-5-13)17(26)21-18(27)22-19/h1-3,12-13H,4-11H2,(H2,21,22,26,27). The monoisotopic (exact) mass is 498 g/mol. The Hall–Kier alpha value is -1.98. The molecule has 9 nitrogen and oxygen atoms in total. The first-order chi connectivity index (χ1) is 14.2. The molecule has 11 heteroatoms. The van der Waals surface area contributed by atoms with Crippen molar-refractivity contribution in [2.75, 3.05) is 26.2 Å². The van der Waals surface area contributed by atoms with Crippen molar-refractivity contribution < 1.29 is 22.8 Å². The number of carbonyl (C=O) groups excluding carboxylic acids is 3. The second kappa shape index (κ2) is 7.93. The number of amides is 4. The first-order valence-electron chi connectivity index (χ1n) is 9.89. The van der Waals surface area contributed by atoms with E-state index in [-0.39, 0.29) is 35.7 Å². The van der Waals surface area contributed by atoms with Crippen LogP contribution in [0.4, 0.5) is 4.79 Å². The van der Waals surface area contributed by atoms with E-state index < -0.39 is 21.6 Å². The van der Waals surface area contributed by atoms with Crippen molar-refractivity contribution in [3.63, 3.8) is 0 Å². The number of nitrogens with zero attached hydrogens (tertiary/aromatic N) is 2. The summed E-state index contributed by atoms with van der Waals surface area (Å²) in [6.45, 7) is 1.17. The maximum absolute atomic E-state index is 12.9. The van der Waals surface area contributed by atoms with Gasteiger partial charge in [-0.3, -0.25) is 14.9 Å². The van der Waals surface area contributed by atoms with Crippen LogP contribution >= 0.6 is 15.9 Å². The molecule has 2 aliphatic heterocycles. The summed E-state index contributed by atoms with van der Waals surface area (Å²) in [6, 6.07) is 6.10. The summed E-state index contributed by atoms with van der Waals surface area (Å²) in [5, 5.41) is 4.97. The quantitative estimate of drug-likeness (QED) is 0.604. The van der Waals surface area contributed by atoms with Crippen molar-refractivity contribution >= 4 is 43.8 Å². The number of halogens is 1. The van der Waals surface area contributed by atoms with Crippen molar-refractivity contribution in [1.82, 2.24) is 19.8 Å². The van der Waals surface area contributed by atoms with E-state index >= 15 is 0 Å². The minimum atomic E-state index is -3.60. The third kappa shape index (κ3) is 3.85. The molecule has 1 aliphatic carbocycles. The number of hydrogen-bond donors (Lipinski definition) is 2. The van der Waals surface area contributed by atoms with Crippen molar-refractivity contribution in [1.29, 1.82) is 0 Å². The van der Waals surface area contributed by atoms with E-state index in [4.69, 9.17) is 0 Å². The minimum absolute atomic E-state index is 0.00548. The van der Waals surface area contributed by atoms with E-state index in [9.17, 15) is 22.8 Å². The molecule has 1 spiro atoms. The summed E-state index contributed by atoms with van der Waals surface area (Å²) in [4.78, 5) is 38.4. The van der Waals surface area contributed by atoms with Gasteiger partial charge in [-0.25, -0.2) is 13.2 Å². The highest BCUT2D eigenvalue weighted by Gasteiger charge is 2.49. The summed E-state index contributed by atoms with van der Waals surface area (Å²) in [5.41, 5.74) is -0.884. The molecule has 0 aromatic heterocycles. The molecule has 0 atom stereocenters. The van der Waals surface area contributed by atoms with E-state index in [1.807, 2.05) is 0 Å². The zero-order valence-electron chi connectivity index (χ0n) is 16.3. The van der Waals surface area contributed by atoms with E-state index in [0.29, 0.717) is 43.2 Å². The molecular weight excluding hydrogens is 476 g/mol. The smallest absolute Gasteiger partial charge is 0.322 e. The van der Waals surface area contributed by atoms with Gasteiger partial charge in [0.25, 0.3) is 5.91 Å². The van der Waals surface area contributed by atoms with Gasteiger partial charge in [-0.05, 0) is 43.9 Å². The molecule has 2 N–H and O–H groups in total. The second-order valence-electron chi connectivity index (χ2n) is 7.95. The van der Waals surface area contributed by atoms with Gasteiger partial charge in [-0.15, -0.1) is 0 Å². The van der Waals surface area contributed by atoms with Crippen LogP contribution in [0.1, 0.15) is 25.7 Å². The predicted molar refractivity (Wildman–Crippen MR) is 111 cm³/mol. The third-order valence-corrected chi connectivity index (χ3v) is 8.57. The topological polar surface area (TPSA) is 116 Å². The van der Waals surface area contributed by atoms with Crippen molar-refractivity contribution in [2.45, 2.75) is 36.1 Å². The van der Waals surface area contributed by atoms with Gasteiger partial charge in [0.15, 0.2) is 0 Å². The fourth-order valence-electron chi connectivity index (χ4n) is 4.42. The minimum Gasteiger partial charge on any atom is -0.340 e. The molecule has 1 aromatic carbocycles. The van der Waals surface area contributed by atoms with Crippen LogP contribution in [0.3, 0.4) is 0 Å². The second-order valence-corrected chi connectivity index (χ2v) is 10.8. The lowest BCUT2D eigenvalue weighted by atomic mass is 9.76. The van der Waals surface area contributed by atoms with Crippen LogP contribution in [0.5, 0.6) is 0 Å². The number of piperazine rings is 1. The van der Waals surface area contributed by atoms with Gasteiger partial charge >= 0.3 is 6.03 Å². The molecule has 2 heterocycles. The number of imide groups is 1. The summed E-state index contributed by atoms with van der Waals surface area (Å²) < 4.78 is 27.8. The van der Waals surface area contributed by atoms with Gasteiger partial charge in [0, 0.05) is 36.6 Å². The van der Waals surface area contributed by atoms with Crippen molar-refractivity contribution in [2.24, 2.45) is 5.92 Å². The van der Waals surface area contributed by atoms with Crippen LogP contribution in [0, 0.1) is 5.92 Å². The van der Waals surface area contributed by atoms with Crippen molar-refractivity contribution in [3.8, 4) is 0 Å². The van der Waals surface area contributed by atoms with Crippen LogP contribution in [0.25, 0.3) is 0 Å². The largest absolute Gasteiger partial charge is 0.340 e. The Bertz CT molecular complexity index is 982. The Morgan fingerprint density at radius 3 is 2.33 bits per heavy atom. The number of rotatable bonds is 3. The van der Waals surface area contributed by atoms with Gasteiger partial charge in [0.05, 0.1) is 4.90 Å². The molecular formula is C19H23BrN4O5S. The van der Waals surface area contributed by atoms with E-state index in [2.05, 4.69) is 26.6 Å². The van der Waals surface area contributed by atoms with Crippen LogP contribution in [-0.4, -0.2) is 67.2 Å². The third-order valence-electron chi connectivity index (χ3n) is 6.19. The maximum atomic E-state index is 12.9. The molecule has 0 bridgehead atoms. The first-order valence-corrected chi connectivity index (χ1v) is 12.1. The molecule has 30 heavy (non-hydrogen) atoms. The van der Waals surface area contributed by atoms with E-state index in [1.165, 1.54) is 4.31 Å². The number of urea groups is 1. The molecule has 1 aromatic rings. The van der Waals surface area contributed by atoms with Gasteiger partial charge in [-0.2, -0.15) is 4.31 Å². The summed E-state index contributed by atoms with van der Waals surface area (Å²) in [5.74, 6) is -0.534. The fraction of sp³-hybridized carbons (Fsp3) is 0.526. The number of sulfonamides is 1. The van der Waals surface area contributed by atoms with Crippen molar-refractivity contribution in [3.05, 3.63) is 28.7 Å². The SMILES string of the molecule is O=C1NC(=O)C2(CCC(C(=O)N3CCN(S(=O)(=O)c4cccc(Br)c4)CC3)CC2)N1. The lowest BCUT2D eigenvalue weighted by Gasteiger charge is -2.39. The zero-order chi connectivity index (χ0) is 21.5. The lowest BCUT2D eigenvalue weighted by molar-refractivity contribution is -0.139. The molecule has 3 aliphatic rings. The highest BCUT2D eigenvalue weighted by atomic mass is 79.9. The lowest BCUT2D eigenvalue weighted by Crippen LogP contribution is -2.54. The fourth-order valence-corrected chi connectivity index (χ4v) is 6.44. The maximum Gasteiger partial charge on any atom is 0.322 e. The zero-order valence-corrected chi connectivity index (χ0v) is 18.7. The first kappa shape index (κ1) is 21.3. The predicted octanol–water partition coefficient (Wildman–Crippen LogP) is 1.05. The summed E-state index contributed by atoms with van der Waals surface area (Å²) in [6.07, 6.45) is 1.89. The van der Waals surface area contributed by atoms with E-state index in [1.54, 1.807) is 29.2 Å². The Morgan fingerprint density at radius 1 is 1.10 bits per heavy atom. The number of carbonyl (C=O) groups is 3. The normalized spacial score (nSPS) is 27.8. The van der Waals surface area contributed by atoms with Gasteiger partial charge in [-0.1, -0.05) is 22.0 Å². The molecule has 4 amide bonds. The van der Waals surface area contributed by atoms with Gasteiger partial charge in [0.2, 0.25) is 15.9 Å². The highest BCUT2D eigenvalue weighted by molar-refractivity contribution is 9.10. The Labute approximate surface area is 183 Å². The Morgan fingerprint density at radius 2 is 1.77 bits per heavy atom. The summed E-state index contributed by atoms with van der Waals surface area (Å²) in [7, 11) is -3.60. The number of nitrogens with one attached hydrogen (secondary N) is 2. The molecule has 2 saturated heterocycles. The number of hydrogen-bond acceptors (Lipinski definition) is 5. The highest BCUT2D eigenvalue weighted by Crippen LogP contribution is 2.35. The van der Waals surface area contributed by atoms with Gasteiger partial charge < -0.3 is 10.2 Å². The number of benzene rings is 1. The van der Waals surface area contributed by atoms with Gasteiger partial charge in [0.1, 0.15) is 5.54 Å². The molecule has 1 saturated carbocycles. The Balaban J connectivity index is 1.34. The molecule has 4 rings (SSSR count). The average Bonchev–Trinajstić information content (AvgIpc) is 3.00. The van der Waals surface area contributed by atoms with Crippen LogP contribution in [0.2, 0.25) is 0 Å². The molecule has 162 valence electrons. The Kier molecular flexibility index (Phi) is 5.62. The molecule has 0 radical (unpaired) electrons.